The van der Waals surface area contributed by atoms with Gasteiger partial charge in [0.15, 0.2) is 0 Å². The van der Waals surface area contributed by atoms with Crippen LogP contribution in [0.25, 0.3) is 11.1 Å². The summed E-state index contributed by atoms with van der Waals surface area (Å²) in [5, 5.41) is 12.5. The van der Waals surface area contributed by atoms with Gasteiger partial charge in [0.2, 0.25) is 11.8 Å². The third-order valence-electron chi connectivity index (χ3n) is 7.50. The van der Waals surface area contributed by atoms with E-state index in [0.717, 1.165) is 60.3 Å². The number of aryl methyl sites for hydroxylation is 2. The molecular weight excluding hydrogens is 545 g/mol. The Balaban J connectivity index is 1.32. The summed E-state index contributed by atoms with van der Waals surface area (Å²) >= 11 is 0. The molecule has 3 aromatic carbocycles. The molecule has 0 unspecified atom stereocenters. The Hall–Kier alpha value is -4.81. The number of carbonyl (C=O) groups is 1. The number of carbonyl (C=O) groups excluding carboxylic acids is 1. The van der Waals surface area contributed by atoms with Crippen LogP contribution in [0.15, 0.2) is 66.9 Å². The second-order valence-corrected chi connectivity index (χ2v) is 10.7. The van der Waals surface area contributed by atoms with Crippen molar-refractivity contribution in [2.24, 2.45) is 0 Å². The van der Waals surface area contributed by atoms with Crippen LogP contribution in [0.2, 0.25) is 0 Å². The molecule has 0 atom stereocenters. The zero-order valence-corrected chi connectivity index (χ0v) is 24.6. The second-order valence-electron chi connectivity index (χ2n) is 10.7. The highest BCUT2D eigenvalue weighted by Gasteiger charge is 2.23. The van der Waals surface area contributed by atoms with Gasteiger partial charge in [-0.05, 0) is 97.8 Å². The molecule has 9 heteroatoms. The van der Waals surface area contributed by atoms with E-state index in [2.05, 4.69) is 26.3 Å². The first kappa shape index (κ1) is 29.7. The largest absolute Gasteiger partial charge is 0.462 e. The van der Waals surface area contributed by atoms with Crippen LogP contribution in [0, 0.1) is 31.0 Å². The van der Waals surface area contributed by atoms with E-state index in [4.69, 9.17) is 14.7 Å². The lowest BCUT2D eigenvalue weighted by Crippen LogP contribution is -2.39. The lowest BCUT2D eigenvalue weighted by molar-refractivity contribution is 0.0522. The number of piperidine rings is 1. The molecule has 1 aliphatic heterocycles. The van der Waals surface area contributed by atoms with Crippen molar-refractivity contribution in [3.63, 3.8) is 0 Å². The molecule has 0 radical (unpaired) electrons. The van der Waals surface area contributed by atoms with Crippen LogP contribution in [0.4, 0.5) is 10.3 Å². The second kappa shape index (κ2) is 13.4. The minimum absolute atomic E-state index is 0.127. The van der Waals surface area contributed by atoms with Crippen molar-refractivity contribution in [1.29, 1.82) is 5.26 Å². The number of benzene rings is 3. The molecule has 2 heterocycles. The Morgan fingerprint density at radius 1 is 1.05 bits per heavy atom. The fraction of sp³-hybridized carbons (Fsp3) is 0.294. The molecule has 1 aliphatic rings. The van der Waals surface area contributed by atoms with E-state index in [1.54, 1.807) is 19.1 Å². The summed E-state index contributed by atoms with van der Waals surface area (Å²) in [6.45, 7) is 8.38. The van der Waals surface area contributed by atoms with Crippen LogP contribution in [0.5, 0.6) is 11.6 Å². The number of ether oxygens (including phenoxy) is 2. The first-order valence-corrected chi connectivity index (χ1v) is 14.4. The van der Waals surface area contributed by atoms with Crippen molar-refractivity contribution in [2.75, 3.05) is 25.0 Å². The summed E-state index contributed by atoms with van der Waals surface area (Å²) in [6, 6.07) is 20.4. The first-order chi connectivity index (χ1) is 20.8. The molecule has 0 aliphatic carbocycles. The summed E-state index contributed by atoms with van der Waals surface area (Å²) in [5.41, 5.74) is 5.56. The number of nitriles is 1. The molecular formula is C34H34FN5O3. The van der Waals surface area contributed by atoms with Crippen molar-refractivity contribution in [1.82, 2.24) is 14.9 Å². The smallest absolute Gasteiger partial charge is 0.345 e. The normalized spacial score (nSPS) is 13.7. The number of hydrogen-bond acceptors (Lipinski definition) is 8. The quantitative estimate of drug-likeness (QED) is 0.216. The number of esters is 1. The maximum absolute atomic E-state index is 13.2. The SMILES string of the molecule is CCOC(=O)c1cnc(NC2CCN(Cc3ccc(F)cc3)CC2)nc1Oc1c(C)cc(-c2ccc(C#N)cc2)cc1C. The number of rotatable bonds is 9. The third-order valence-corrected chi connectivity index (χ3v) is 7.50. The fourth-order valence-corrected chi connectivity index (χ4v) is 5.24. The van der Waals surface area contributed by atoms with Gasteiger partial charge in [-0.3, -0.25) is 4.90 Å². The zero-order chi connectivity index (χ0) is 30.3. The Bertz CT molecular complexity index is 1600. The van der Waals surface area contributed by atoms with Gasteiger partial charge in [-0.1, -0.05) is 24.3 Å². The van der Waals surface area contributed by atoms with Crippen LogP contribution >= 0.6 is 0 Å². The van der Waals surface area contributed by atoms with Gasteiger partial charge in [0, 0.05) is 25.7 Å². The predicted octanol–water partition coefficient (Wildman–Crippen LogP) is 6.82. The molecule has 0 amide bonds. The average Bonchev–Trinajstić information content (AvgIpc) is 3.01. The van der Waals surface area contributed by atoms with Gasteiger partial charge in [0.25, 0.3) is 0 Å². The zero-order valence-electron chi connectivity index (χ0n) is 24.6. The summed E-state index contributed by atoms with van der Waals surface area (Å²) in [7, 11) is 0. The average molecular weight is 580 g/mol. The van der Waals surface area contributed by atoms with E-state index in [-0.39, 0.29) is 29.9 Å². The van der Waals surface area contributed by atoms with E-state index in [1.165, 1.54) is 18.3 Å². The van der Waals surface area contributed by atoms with Crippen molar-refractivity contribution >= 4 is 11.9 Å². The van der Waals surface area contributed by atoms with Crippen LogP contribution in [-0.4, -0.2) is 46.6 Å². The molecule has 1 saturated heterocycles. The van der Waals surface area contributed by atoms with Gasteiger partial charge in [0.05, 0.1) is 24.4 Å². The molecule has 43 heavy (non-hydrogen) atoms. The van der Waals surface area contributed by atoms with Gasteiger partial charge >= 0.3 is 5.97 Å². The standard InChI is InChI=1S/C34H34FN5O3/c1-4-42-33(41)30-20-37-34(38-29-13-15-40(16-14-29)21-25-7-11-28(35)12-8-25)39-32(30)43-31-22(2)17-27(18-23(31)3)26-9-5-24(19-36)6-10-26/h5-12,17-18,20,29H,4,13-16,21H2,1-3H3,(H,37,38,39). The van der Waals surface area contributed by atoms with Gasteiger partial charge in [-0.25, -0.2) is 14.2 Å². The summed E-state index contributed by atoms with van der Waals surface area (Å²) in [6.07, 6.45) is 3.22. The van der Waals surface area contributed by atoms with Crippen LogP contribution in [0.1, 0.15) is 52.4 Å². The molecule has 8 nitrogen and oxygen atoms in total. The number of nitrogens with one attached hydrogen (secondary N) is 1. The highest BCUT2D eigenvalue weighted by atomic mass is 19.1. The monoisotopic (exact) mass is 579 g/mol. The van der Waals surface area contributed by atoms with E-state index in [9.17, 15) is 9.18 Å². The molecule has 220 valence electrons. The van der Waals surface area contributed by atoms with Gasteiger partial charge < -0.3 is 14.8 Å². The van der Waals surface area contributed by atoms with Crippen molar-refractivity contribution in [3.05, 3.63) is 100 Å². The van der Waals surface area contributed by atoms with Crippen molar-refractivity contribution in [2.45, 2.75) is 46.2 Å². The fourth-order valence-electron chi connectivity index (χ4n) is 5.24. The number of nitrogens with zero attached hydrogens (tertiary/aromatic N) is 4. The summed E-state index contributed by atoms with van der Waals surface area (Å²) < 4.78 is 24.8. The predicted molar refractivity (Wildman–Crippen MR) is 162 cm³/mol. The summed E-state index contributed by atoms with van der Waals surface area (Å²) in [5.74, 6) is 0.324. The Morgan fingerprint density at radius 3 is 2.35 bits per heavy atom. The van der Waals surface area contributed by atoms with Crippen LogP contribution in [0.3, 0.4) is 0 Å². The molecule has 1 aromatic heterocycles. The highest BCUT2D eigenvalue weighted by molar-refractivity contribution is 5.91. The Labute approximate surface area is 251 Å². The maximum atomic E-state index is 13.2. The number of halogens is 1. The lowest BCUT2D eigenvalue weighted by atomic mass is 9.99. The molecule has 0 saturated carbocycles. The van der Waals surface area contributed by atoms with E-state index in [0.29, 0.717) is 17.3 Å². The number of hydrogen-bond donors (Lipinski definition) is 1. The minimum atomic E-state index is -0.553. The van der Waals surface area contributed by atoms with Gasteiger partial charge in [0.1, 0.15) is 17.1 Å². The molecule has 0 spiro atoms. The molecule has 1 N–H and O–H groups in total. The van der Waals surface area contributed by atoms with Crippen LogP contribution in [-0.2, 0) is 11.3 Å². The third kappa shape index (κ3) is 7.34. The topological polar surface area (TPSA) is 100 Å². The van der Waals surface area contributed by atoms with E-state index in [1.807, 2.05) is 50.2 Å². The summed E-state index contributed by atoms with van der Waals surface area (Å²) in [4.78, 5) is 24.1. The molecule has 0 bridgehead atoms. The van der Waals surface area contributed by atoms with E-state index < -0.39 is 5.97 Å². The lowest BCUT2D eigenvalue weighted by Gasteiger charge is -2.32. The molecule has 1 fully saturated rings. The Morgan fingerprint density at radius 2 is 1.72 bits per heavy atom. The van der Waals surface area contributed by atoms with Crippen molar-refractivity contribution in [3.8, 4) is 28.8 Å². The Kier molecular flexibility index (Phi) is 9.28. The number of anilines is 1. The minimum Gasteiger partial charge on any atom is -0.462 e. The van der Waals surface area contributed by atoms with Crippen LogP contribution < -0.4 is 10.1 Å². The van der Waals surface area contributed by atoms with E-state index >= 15 is 0 Å². The molecule has 5 rings (SSSR count). The maximum Gasteiger partial charge on any atom is 0.345 e. The van der Waals surface area contributed by atoms with Crippen molar-refractivity contribution < 1.29 is 18.7 Å². The highest BCUT2D eigenvalue weighted by Crippen LogP contribution is 2.34. The van der Waals surface area contributed by atoms with Gasteiger partial charge in [-0.15, -0.1) is 0 Å². The number of likely N-dealkylation sites (tertiary alicyclic amines) is 1. The molecule has 4 aromatic rings. The first-order valence-electron chi connectivity index (χ1n) is 14.4. The van der Waals surface area contributed by atoms with Gasteiger partial charge in [-0.2, -0.15) is 10.2 Å². The number of aromatic nitrogens is 2.